The monoisotopic (exact) mass is 494 g/mol. The van der Waals surface area contributed by atoms with Crippen LogP contribution in [0.15, 0.2) is 64.6 Å². The van der Waals surface area contributed by atoms with E-state index < -0.39 is 23.8 Å². The summed E-state index contributed by atoms with van der Waals surface area (Å²) in [7, 11) is 1.40. The van der Waals surface area contributed by atoms with E-state index in [0.717, 1.165) is 10.8 Å². The molecule has 3 aromatic carbocycles. The highest BCUT2D eigenvalue weighted by Gasteiger charge is 2.28. The molecule has 1 aliphatic rings. The van der Waals surface area contributed by atoms with Gasteiger partial charge < -0.3 is 9.47 Å². The Morgan fingerprint density at radius 2 is 1.66 bits per heavy atom. The number of esters is 1. The Morgan fingerprint density at radius 3 is 2.38 bits per heavy atom. The maximum atomic E-state index is 12.9. The molecule has 1 aliphatic heterocycles. The summed E-state index contributed by atoms with van der Waals surface area (Å²) in [5.74, 6) is -1.87. The van der Waals surface area contributed by atoms with Gasteiger partial charge in [-0.2, -0.15) is 0 Å². The highest BCUT2D eigenvalue weighted by molar-refractivity contribution is 9.10. The van der Waals surface area contributed by atoms with Gasteiger partial charge in [0.25, 0.3) is 11.8 Å². The fourth-order valence-electron chi connectivity index (χ4n) is 3.25. The van der Waals surface area contributed by atoms with E-state index in [-0.39, 0.29) is 17.1 Å². The van der Waals surface area contributed by atoms with E-state index in [1.54, 1.807) is 18.2 Å². The number of barbiturate groups is 1. The number of nitrogens with one attached hydrogen (secondary N) is 2. The van der Waals surface area contributed by atoms with E-state index in [0.29, 0.717) is 15.6 Å². The number of hydrogen-bond acceptors (Lipinski definition) is 6. The highest BCUT2D eigenvalue weighted by Crippen LogP contribution is 2.38. The third-order valence-corrected chi connectivity index (χ3v) is 5.30. The largest absolute Gasteiger partial charge is 0.493 e. The molecule has 0 saturated carbocycles. The number of ether oxygens (including phenoxy) is 2. The topological polar surface area (TPSA) is 111 Å². The molecule has 8 nitrogen and oxygen atoms in total. The van der Waals surface area contributed by atoms with Crippen molar-refractivity contribution in [3.05, 3.63) is 75.8 Å². The number of carbonyl (C=O) groups is 4. The molecule has 2 N–H and O–H groups in total. The van der Waals surface area contributed by atoms with E-state index in [4.69, 9.17) is 9.47 Å². The molecule has 0 radical (unpaired) electrons. The molecule has 4 rings (SSSR count). The normalized spacial score (nSPS) is 13.4. The number of imide groups is 2. The zero-order valence-corrected chi connectivity index (χ0v) is 18.2. The molecule has 0 unspecified atom stereocenters. The molecule has 1 fully saturated rings. The molecule has 0 aromatic heterocycles. The summed E-state index contributed by atoms with van der Waals surface area (Å²) in [5.41, 5.74) is 0.552. The SMILES string of the molecule is COc1cc(C=C2C(=O)NC(=O)NC2=O)cc(Br)c1OC(=O)c1cccc2ccccc12. The van der Waals surface area contributed by atoms with Gasteiger partial charge in [0.15, 0.2) is 11.5 Å². The van der Waals surface area contributed by atoms with Gasteiger partial charge in [0.05, 0.1) is 17.1 Å². The number of urea groups is 1. The minimum absolute atomic E-state index is 0.139. The molecule has 4 amide bonds. The van der Waals surface area contributed by atoms with Crippen molar-refractivity contribution < 1.29 is 28.7 Å². The third kappa shape index (κ3) is 4.10. The number of hydrogen-bond donors (Lipinski definition) is 2. The van der Waals surface area contributed by atoms with Crippen LogP contribution in [0, 0.1) is 0 Å². The molecule has 0 aliphatic carbocycles. The molecule has 32 heavy (non-hydrogen) atoms. The summed E-state index contributed by atoms with van der Waals surface area (Å²) in [6, 6.07) is 15.0. The molecule has 1 saturated heterocycles. The summed E-state index contributed by atoms with van der Waals surface area (Å²) in [4.78, 5) is 48.1. The van der Waals surface area contributed by atoms with Crippen LogP contribution in [-0.4, -0.2) is 30.9 Å². The average Bonchev–Trinajstić information content (AvgIpc) is 2.77. The lowest BCUT2D eigenvalue weighted by atomic mass is 10.0. The summed E-state index contributed by atoms with van der Waals surface area (Å²) < 4.78 is 11.4. The van der Waals surface area contributed by atoms with Crippen LogP contribution in [0.1, 0.15) is 15.9 Å². The first-order valence-corrected chi connectivity index (χ1v) is 10.1. The van der Waals surface area contributed by atoms with Crippen molar-refractivity contribution in [2.45, 2.75) is 0 Å². The summed E-state index contributed by atoms with van der Waals surface area (Å²) in [6.45, 7) is 0. The van der Waals surface area contributed by atoms with Crippen LogP contribution in [0.2, 0.25) is 0 Å². The van der Waals surface area contributed by atoms with Crippen LogP contribution in [0.4, 0.5) is 4.79 Å². The smallest absolute Gasteiger partial charge is 0.344 e. The zero-order valence-electron chi connectivity index (χ0n) is 16.6. The van der Waals surface area contributed by atoms with Crippen LogP contribution in [0.3, 0.4) is 0 Å². The van der Waals surface area contributed by atoms with Crippen LogP contribution >= 0.6 is 15.9 Å². The van der Waals surface area contributed by atoms with E-state index in [9.17, 15) is 19.2 Å². The first-order chi connectivity index (χ1) is 15.4. The van der Waals surface area contributed by atoms with Gasteiger partial charge in [0, 0.05) is 0 Å². The number of benzene rings is 3. The van der Waals surface area contributed by atoms with Gasteiger partial charge in [-0.15, -0.1) is 0 Å². The van der Waals surface area contributed by atoms with Gasteiger partial charge in [0.2, 0.25) is 0 Å². The first kappa shape index (κ1) is 21.3. The lowest BCUT2D eigenvalue weighted by molar-refractivity contribution is -0.123. The second-order valence-corrected chi connectivity index (χ2v) is 7.60. The summed E-state index contributed by atoms with van der Waals surface area (Å²) in [5, 5.41) is 5.66. The maximum Gasteiger partial charge on any atom is 0.344 e. The molecule has 0 atom stereocenters. The Morgan fingerprint density at radius 1 is 0.969 bits per heavy atom. The van der Waals surface area contributed by atoms with Crippen molar-refractivity contribution in [3.63, 3.8) is 0 Å². The predicted molar refractivity (Wildman–Crippen MR) is 119 cm³/mol. The van der Waals surface area contributed by atoms with Crippen LogP contribution in [0.5, 0.6) is 11.5 Å². The van der Waals surface area contributed by atoms with Crippen molar-refractivity contribution in [2.24, 2.45) is 0 Å². The standard InChI is InChI=1S/C23H15BrN2O6/c1-31-18-11-12(9-16-20(27)25-23(30)26-21(16)28)10-17(24)19(18)32-22(29)15-8-4-6-13-5-2-3-7-14(13)15/h2-11H,1H3,(H2,25,26,27,28,30). The number of rotatable bonds is 4. The minimum atomic E-state index is -0.883. The molecular formula is C23H15BrN2O6. The van der Waals surface area contributed by atoms with Gasteiger partial charge in [-0.3, -0.25) is 20.2 Å². The zero-order chi connectivity index (χ0) is 22.8. The molecule has 0 bridgehead atoms. The van der Waals surface area contributed by atoms with Gasteiger partial charge in [-0.25, -0.2) is 9.59 Å². The summed E-state index contributed by atoms with van der Waals surface area (Å²) >= 11 is 3.35. The van der Waals surface area contributed by atoms with Crippen LogP contribution < -0.4 is 20.1 Å². The van der Waals surface area contributed by atoms with E-state index in [1.807, 2.05) is 41.0 Å². The number of carbonyl (C=O) groups excluding carboxylic acids is 4. The second kappa shape index (κ2) is 8.64. The number of fused-ring (bicyclic) bond motifs is 1. The molecular weight excluding hydrogens is 480 g/mol. The number of halogens is 1. The predicted octanol–water partition coefficient (Wildman–Crippen LogP) is 3.58. The molecule has 1 heterocycles. The van der Waals surface area contributed by atoms with Crippen LogP contribution in [0.25, 0.3) is 16.8 Å². The van der Waals surface area contributed by atoms with Crippen molar-refractivity contribution in [2.75, 3.05) is 7.11 Å². The summed E-state index contributed by atoms with van der Waals surface area (Å²) in [6.07, 6.45) is 1.29. The minimum Gasteiger partial charge on any atom is -0.493 e. The highest BCUT2D eigenvalue weighted by atomic mass is 79.9. The Hall–Kier alpha value is -3.98. The quantitative estimate of drug-likeness (QED) is 0.248. The average molecular weight is 495 g/mol. The third-order valence-electron chi connectivity index (χ3n) is 4.71. The first-order valence-electron chi connectivity index (χ1n) is 9.33. The molecule has 9 heteroatoms. The Bertz CT molecular complexity index is 1300. The second-order valence-electron chi connectivity index (χ2n) is 6.75. The number of methoxy groups -OCH3 is 1. The maximum absolute atomic E-state index is 12.9. The van der Waals surface area contributed by atoms with Crippen molar-refractivity contribution >= 4 is 56.6 Å². The Kier molecular flexibility index (Phi) is 5.74. The van der Waals surface area contributed by atoms with Crippen molar-refractivity contribution in [1.29, 1.82) is 0 Å². The van der Waals surface area contributed by atoms with Gasteiger partial charge in [-0.05, 0) is 56.5 Å². The molecule has 0 spiro atoms. The molecule has 3 aromatic rings. The van der Waals surface area contributed by atoms with Crippen LogP contribution in [-0.2, 0) is 9.59 Å². The lowest BCUT2D eigenvalue weighted by Gasteiger charge is -2.15. The van der Waals surface area contributed by atoms with Crippen molar-refractivity contribution in [1.82, 2.24) is 10.6 Å². The van der Waals surface area contributed by atoms with E-state index >= 15 is 0 Å². The van der Waals surface area contributed by atoms with Crippen molar-refractivity contribution in [3.8, 4) is 11.5 Å². The van der Waals surface area contributed by atoms with E-state index in [1.165, 1.54) is 19.3 Å². The molecule has 160 valence electrons. The van der Waals surface area contributed by atoms with Gasteiger partial charge >= 0.3 is 12.0 Å². The van der Waals surface area contributed by atoms with Gasteiger partial charge in [0.1, 0.15) is 5.57 Å². The van der Waals surface area contributed by atoms with E-state index in [2.05, 4.69) is 15.9 Å². The Labute approximate surface area is 190 Å². The Balaban J connectivity index is 1.68. The number of amides is 4. The van der Waals surface area contributed by atoms with Gasteiger partial charge in [-0.1, -0.05) is 36.4 Å². The fourth-order valence-corrected chi connectivity index (χ4v) is 3.79. The fraction of sp³-hybridized carbons (Fsp3) is 0.0435. The lowest BCUT2D eigenvalue weighted by Crippen LogP contribution is -2.51.